The topological polar surface area (TPSA) is 98.3 Å². The van der Waals surface area contributed by atoms with Gasteiger partial charge in [0.25, 0.3) is 0 Å². The van der Waals surface area contributed by atoms with Gasteiger partial charge in [0.15, 0.2) is 9.84 Å². The van der Waals surface area contributed by atoms with Crippen LogP contribution in [-0.2, 0) is 19.3 Å². The van der Waals surface area contributed by atoms with Crippen molar-refractivity contribution in [2.75, 3.05) is 19.5 Å². The van der Waals surface area contributed by atoms with E-state index >= 15 is 0 Å². The minimum atomic E-state index is -3.68. The van der Waals surface area contributed by atoms with E-state index in [4.69, 9.17) is 16.3 Å². The maximum absolute atomic E-state index is 13.8. The molecule has 1 aromatic heterocycles. The van der Waals surface area contributed by atoms with Crippen molar-refractivity contribution in [2.45, 2.75) is 17.7 Å². The van der Waals surface area contributed by atoms with E-state index < -0.39 is 21.8 Å². The highest BCUT2D eigenvalue weighted by Crippen LogP contribution is 2.30. The summed E-state index contributed by atoms with van der Waals surface area (Å²) in [6.07, 6.45) is 1.37. The average molecular weight is 546 g/mol. The van der Waals surface area contributed by atoms with Crippen LogP contribution in [0.2, 0.25) is 5.02 Å². The highest BCUT2D eigenvalue weighted by molar-refractivity contribution is 9.10. The van der Waals surface area contributed by atoms with Crippen LogP contribution < -0.4 is 0 Å². The second kappa shape index (κ2) is 10.5. The van der Waals surface area contributed by atoms with Gasteiger partial charge in [-0.2, -0.15) is 0 Å². The van der Waals surface area contributed by atoms with Crippen LogP contribution in [0.3, 0.4) is 0 Å². The minimum absolute atomic E-state index is 0.0156. The summed E-state index contributed by atoms with van der Waals surface area (Å²) in [6.45, 7) is 0.0573. The first-order valence-corrected chi connectivity index (χ1v) is 12.3. The van der Waals surface area contributed by atoms with Gasteiger partial charge in [-0.25, -0.2) is 22.6 Å². The molecule has 0 atom stereocenters. The normalized spacial score (nSPS) is 11.4. The molecule has 0 amide bonds. The van der Waals surface area contributed by atoms with E-state index in [2.05, 4.69) is 30.6 Å². The molecule has 0 aliphatic heterocycles. The summed E-state index contributed by atoms with van der Waals surface area (Å²) in [6, 6.07) is 9.28. The van der Waals surface area contributed by atoms with Crippen LogP contribution in [0, 0.1) is 5.82 Å². The van der Waals surface area contributed by atoms with Gasteiger partial charge in [0.05, 0.1) is 45.8 Å². The van der Waals surface area contributed by atoms with E-state index in [-0.39, 0.29) is 28.7 Å². The number of H-pyrrole nitrogens is 1. The lowest BCUT2D eigenvalue weighted by molar-refractivity contribution is 0.0718. The molecular formula is C21H19BrClFN2O5S. The van der Waals surface area contributed by atoms with Crippen LogP contribution in [-0.4, -0.2) is 44.0 Å². The second-order valence-corrected chi connectivity index (χ2v) is 10.1. The Morgan fingerprint density at radius 2 is 1.94 bits per heavy atom. The Labute approximate surface area is 198 Å². The van der Waals surface area contributed by atoms with Crippen molar-refractivity contribution >= 4 is 43.5 Å². The van der Waals surface area contributed by atoms with Crippen LogP contribution in [0.5, 0.6) is 0 Å². The van der Waals surface area contributed by atoms with Crippen LogP contribution in [0.25, 0.3) is 22.6 Å². The Balaban J connectivity index is 1.76. The molecule has 0 saturated heterocycles. The first kappa shape index (κ1) is 24.2. The molecular weight excluding hydrogens is 527 g/mol. The van der Waals surface area contributed by atoms with Crippen molar-refractivity contribution in [3.05, 3.63) is 57.9 Å². The third-order valence-corrected chi connectivity index (χ3v) is 7.46. The first-order valence-electron chi connectivity index (χ1n) is 9.45. The average Bonchev–Trinajstić information content (AvgIpc) is 3.25. The van der Waals surface area contributed by atoms with Crippen LogP contribution in [0.15, 0.2) is 52.0 Å². The number of rotatable bonds is 8. The smallest absolute Gasteiger partial charge is 0.438 e. The predicted octanol–water partition coefficient (Wildman–Crippen LogP) is 5.64. The molecule has 2 aromatic carbocycles. The highest BCUT2D eigenvalue weighted by atomic mass is 79.9. The van der Waals surface area contributed by atoms with Gasteiger partial charge in [-0.1, -0.05) is 17.7 Å². The number of halogens is 3. The molecule has 11 heteroatoms. The summed E-state index contributed by atoms with van der Waals surface area (Å²) in [5.41, 5.74) is 1.70. The SMILES string of the molecule is COC(=O)OCCCCS(=O)(=O)c1cc(-c2ncc(-c3ccc(Br)c(F)c3)[nH]2)ccc1Cl. The maximum atomic E-state index is 13.8. The molecule has 0 radical (unpaired) electrons. The Morgan fingerprint density at radius 1 is 1.19 bits per heavy atom. The van der Waals surface area contributed by atoms with E-state index in [1.165, 1.54) is 25.3 Å². The summed E-state index contributed by atoms with van der Waals surface area (Å²) in [4.78, 5) is 18.3. The van der Waals surface area contributed by atoms with Crippen LogP contribution in [0.4, 0.5) is 9.18 Å². The van der Waals surface area contributed by atoms with Gasteiger partial charge in [-0.05, 0) is 59.1 Å². The standard InChI is InChI=1S/C21H19BrClFN2O5S/c1-30-21(27)31-8-2-3-9-32(28,29)19-11-14(5-7-16(19)23)20-25-12-18(26-20)13-4-6-15(22)17(24)10-13/h4-7,10-12H,2-3,8-9H2,1H3,(H,25,26). The van der Waals surface area contributed by atoms with Gasteiger partial charge >= 0.3 is 6.16 Å². The van der Waals surface area contributed by atoms with Crippen molar-refractivity contribution in [3.8, 4) is 22.6 Å². The molecule has 3 rings (SSSR count). The first-order chi connectivity index (χ1) is 15.2. The number of ether oxygens (including phenoxy) is 2. The van der Waals surface area contributed by atoms with Crippen molar-refractivity contribution in [3.63, 3.8) is 0 Å². The van der Waals surface area contributed by atoms with Crippen molar-refractivity contribution in [1.29, 1.82) is 0 Å². The van der Waals surface area contributed by atoms with Gasteiger partial charge in [0.1, 0.15) is 11.6 Å². The number of methoxy groups -OCH3 is 1. The quantitative estimate of drug-likeness (QED) is 0.291. The monoisotopic (exact) mass is 544 g/mol. The second-order valence-electron chi connectivity index (χ2n) is 6.75. The Morgan fingerprint density at radius 3 is 2.66 bits per heavy atom. The van der Waals surface area contributed by atoms with Gasteiger partial charge in [0, 0.05) is 11.1 Å². The lowest BCUT2D eigenvalue weighted by Crippen LogP contribution is -2.10. The van der Waals surface area contributed by atoms with Gasteiger partial charge in [-0.15, -0.1) is 0 Å². The molecule has 0 fully saturated rings. The molecule has 0 bridgehead atoms. The number of carbonyl (C=O) groups excluding carboxylic acids is 1. The number of carbonyl (C=O) groups is 1. The molecule has 0 aliphatic carbocycles. The fraction of sp³-hybridized carbons (Fsp3) is 0.238. The van der Waals surface area contributed by atoms with Crippen LogP contribution >= 0.6 is 27.5 Å². The number of imidazole rings is 1. The Kier molecular flexibility index (Phi) is 7.91. The zero-order valence-corrected chi connectivity index (χ0v) is 20.1. The zero-order valence-electron chi connectivity index (χ0n) is 16.9. The number of hydrogen-bond acceptors (Lipinski definition) is 6. The number of benzene rings is 2. The Bertz CT molecular complexity index is 1230. The molecule has 7 nitrogen and oxygen atoms in total. The lowest BCUT2D eigenvalue weighted by atomic mass is 10.2. The van der Waals surface area contributed by atoms with Crippen molar-refractivity contribution in [2.24, 2.45) is 0 Å². The molecule has 1 N–H and O–H groups in total. The fourth-order valence-electron chi connectivity index (χ4n) is 2.89. The fourth-order valence-corrected chi connectivity index (χ4v) is 5.08. The number of nitrogens with zero attached hydrogens (tertiary/aromatic N) is 1. The molecule has 0 spiro atoms. The number of aromatic amines is 1. The lowest BCUT2D eigenvalue weighted by Gasteiger charge is -2.09. The molecule has 3 aromatic rings. The number of nitrogens with one attached hydrogen (secondary N) is 1. The molecule has 1 heterocycles. The third kappa shape index (κ3) is 5.87. The molecule has 0 saturated carbocycles. The summed E-state index contributed by atoms with van der Waals surface area (Å²) in [5, 5.41) is 0.0984. The number of hydrogen-bond donors (Lipinski definition) is 1. The van der Waals surface area contributed by atoms with Crippen LogP contribution in [0.1, 0.15) is 12.8 Å². The third-order valence-electron chi connectivity index (χ3n) is 4.54. The summed E-state index contributed by atoms with van der Waals surface area (Å²) >= 11 is 9.28. The Hall–Kier alpha value is -2.43. The highest BCUT2D eigenvalue weighted by Gasteiger charge is 2.20. The van der Waals surface area contributed by atoms with E-state index in [1.807, 2.05) is 0 Å². The maximum Gasteiger partial charge on any atom is 0.507 e. The van der Waals surface area contributed by atoms with Crippen molar-refractivity contribution in [1.82, 2.24) is 9.97 Å². The number of aromatic nitrogens is 2. The zero-order chi connectivity index (χ0) is 23.3. The molecule has 170 valence electrons. The van der Waals surface area contributed by atoms with Gasteiger partial charge < -0.3 is 14.5 Å². The molecule has 0 aliphatic rings. The van der Waals surface area contributed by atoms with E-state index in [1.54, 1.807) is 24.4 Å². The van der Waals surface area contributed by atoms with E-state index in [9.17, 15) is 17.6 Å². The van der Waals surface area contributed by atoms with Crippen molar-refractivity contribution < 1.29 is 27.1 Å². The minimum Gasteiger partial charge on any atom is -0.438 e. The predicted molar refractivity (Wildman–Crippen MR) is 122 cm³/mol. The summed E-state index contributed by atoms with van der Waals surface area (Å²) in [5.74, 6) is -0.152. The van der Waals surface area contributed by atoms with E-state index in [0.717, 1.165) is 0 Å². The molecule has 0 unspecified atom stereocenters. The van der Waals surface area contributed by atoms with Gasteiger partial charge in [-0.3, -0.25) is 0 Å². The molecule has 32 heavy (non-hydrogen) atoms. The summed E-state index contributed by atoms with van der Waals surface area (Å²) in [7, 11) is -2.49. The van der Waals surface area contributed by atoms with E-state index in [0.29, 0.717) is 33.5 Å². The summed E-state index contributed by atoms with van der Waals surface area (Å²) < 4.78 is 48.9. The number of sulfone groups is 1. The largest absolute Gasteiger partial charge is 0.507 e. The van der Waals surface area contributed by atoms with Gasteiger partial charge in [0.2, 0.25) is 0 Å². The number of unbranched alkanes of at least 4 members (excludes halogenated alkanes) is 1.